The third-order valence-corrected chi connectivity index (χ3v) is 11.2. The van der Waals surface area contributed by atoms with Crippen LogP contribution in [0.1, 0.15) is 20.8 Å². The first-order valence-electron chi connectivity index (χ1n) is 9.53. The van der Waals surface area contributed by atoms with Gasteiger partial charge in [-0.15, -0.1) is 11.8 Å². The maximum atomic E-state index is 12.0. The summed E-state index contributed by atoms with van der Waals surface area (Å²) in [7, 11) is -2.73. The van der Waals surface area contributed by atoms with Crippen LogP contribution in [0.5, 0.6) is 0 Å². The lowest BCUT2D eigenvalue weighted by atomic mass is 10.1. The highest BCUT2D eigenvalue weighted by Gasteiger charge is 2.51. The molecule has 1 fully saturated rings. The molecule has 1 aliphatic heterocycles. The van der Waals surface area contributed by atoms with Crippen molar-refractivity contribution in [3.8, 4) is 0 Å². The van der Waals surface area contributed by atoms with E-state index in [9.17, 15) is 9.90 Å². The van der Waals surface area contributed by atoms with Gasteiger partial charge in [0, 0.05) is 5.75 Å². The predicted octanol–water partition coefficient (Wildman–Crippen LogP) is 3.35. The molecule has 0 radical (unpaired) electrons. The third-order valence-electron chi connectivity index (χ3n) is 5.31. The van der Waals surface area contributed by atoms with Gasteiger partial charge in [-0.3, -0.25) is 4.79 Å². The number of thioether (sulfide) groups is 1. The molecule has 1 N–H and O–H groups in total. The van der Waals surface area contributed by atoms with Crippen LogP contribution >= 0.6 is 11.8 Å². The van der Waals surface area contributed by atoms with Gasteiger partial charge in [-0.25, -0.2) is 0 Å². The van der Waals surface area contributed by atoms with E-state index in [1.165, 1.54) is 0 Å². The SMILES string of the molecule is CC(C)(C)[Si](OC[C@H](C(=O)O)C1CSCO1)(c1ccccc1)c1ccccc1. The van der Waals surface area contributed by atoms with E-state index in [0.717, 1.165) is 10.4 Å². The lowest BCUT2D eigenvalue weighted by molar-refractivity contribution is -0.147. The number of ether oxygens (including phenoxy) is 1. The Morgan fingerprint density at radius 1 is 1.14 bits per heavy atom. The first-order chi connectivity index (χ1) is 13.4. The Labute approximate surface area is 172 Å². The molecule has 2 aromatic rings. The van der Waals surface area contributed by atoms with Gasteiger partial charge < -0.3 is 14.3 Å². The fourth-order valence-electron chi connectivity index (χ4n) is 3.89. The van der Waals surface area contributed by atoms with Crippen LogP contribution < -0.4 is 10.4 Å². The summed E-state index contributed by atoms with van der Waals surface area (Å²) >= 11 is 1.63. The number of carbonyl (C=O) groups is 1. The van der Waals surface area contributed by atoms with Crippen molar-refractivity contribution >= 4 is 36.4 Å². The van der Waals surface area contributed by atoms with E-state index >= 15 is 0 Å². The van der Waals surface area contributed by atoms with Gasteiger partial charge >= 0.3 is 5.97 Å². The molecule has 6 heteroatoms. The van der Waals surface area contributed by atoms with Gasteiger partial charge in [0.2, 0.25) is 0 Å². The van der Waals surface area contributed by atoms with Gasteiger partial charge in [-0.05, 0) is 15.4 Å². The van der Waals surface area contributed by atoms with Crippen LogP contribution in [0.25, 0.3) is 0 Å². The van der Waals surface area contributed by atoms with Crippen LogP contribution in [0.15, 0.2) is 60.7 Å². The smallest absolute Gasteiger partial charge is 0.311 e. The van der Waals surface area contributed by atoms with Gasteiger partial charge in [0.1, 0.15) is 5.92 Å². The molecule has 2 aromatic carbocycles. The number of carboxylic acids is 1. The third kappa shape index (κ3) is 4.20. The maximum Gasteiger partial charge on any atom is 0.311 e. The van der Waals surface area contributed by atoms with E-state index in [-0.39, 0.29) is 17.7 Å². The summed E-state index contributed by atoms with van der Waals surface area (Å²) in [6.07, 6.45) is -0.305. The molecule has 28 heavy (non-hydrogen) atoms. The molecule has 0 bridgehead atoms. The standard InChI is InChI=1S/C22H28O4SSi/c1-22(2,3)28(17-10-6-4-7-11-17,18-12-8-5-9-13-18)26-14-19(21(23)24)20-15-27-16-25-20/h4-13,19-20H,14-16H2,1-3H3,(H,23,24)/t19-,20?/m0/s1. The van der Waals surface area contributed by atoms with Crippen molar-refractivity contribution in [1.82, 2.24) is 0 Å². The van der Waals surface area contributed by atoms with Gasteiger partial charge in [0.05, 0.1) is 18.6 Å². The Kier molecular flexibility index (Phi) is 6.65. The second-order valence-corrected chi connectivity index (χ2v) is 13.4. The quantitative estimate of drug-likeness (QED) is 0.702. The van der Waals surface area contributed by atoms with Gasteiger partial charge in [-0.2, -0.15) is 0 Å². The average molecular weight is 417 g/mol. The lowest BCUT2D eigenvalue weighted by Gasteiger charge is -2.43. The summed E-state index contributed by atoms with van der Waals surface area (Å²) in [5.41, 5.74) is 0. The molecule has 1 unspecified atom stereocenters. The van der Waals surface area contributed by atoms with Crippen molar-refractivity contribution in [2.75, 3.05) is 18.3 Å². The minimum Gasteiger partial charge on any atom is -0.481 e. The van der Waals surface area contributed by atoms with Crippen LogP contribution in [0.3, 0.4) is 0 Å². The summed E-state index contributed by atoms with van der Waals surface area (Å²) in [4.78, 5) is 12.0. The Morgan fingerprint density at radius 3 is 2.07 bits per heavy atom. The molecule has 0 amide bonds. The highest BCUT2D eigenvalue weighted by atomic mass is 32.2. The van der Waals surface area contributed by atoms with Crippen LogP contribution in [0.2, 0.25) is 5.04 Å². The molecular formula is C22H28O4SSi. The summed E-state index contributed by atoms with van der Waals surface area (Å²) in [5, 5.41) is 11.9. The summed E-state index contributed by atoms with van der Waals surface area (Å²) in [6.45, 7) is 6.72. The fraction of sp³-hybridized carbons (Fsp3) is 0.409. The van der Waals surface area contributed by atoms with E-state index < -0.39 is 20.2 Å². The van der Waals surface area contributed by atoms with Gasteiger partial charge in [0.25, 0.3) is 8.32 Å². The van der Waals surface area contributed by atoms with Crippen LogP contribution in [-0.4, -0.2) is 43.8 Å². The first-order valence-corrected chi connectivity index (χ1v) is 12.6. The molecule has 1 aliphatic rings. The van der Waals surface area contributed by atoms with Gasteiger partial charge in [0.15, 0.2) is 0 Å². The van der Waals surface area contributed by atoms with Crippen LogP contribution in [0.4, 0.5) is 0 Å². The zero-order valence-corrected chi connectivity index (χ0v) is 18.4. The van der Waals surface area contributed by atoms with E-state index in [0.29, 0.717) is 11.7 Å². The molecular weight excluding hydrogens is 388 g/mol. The Morgan fingerprint density at radius 2 is 1.68 bits per heavy atom. The van der Waals surface area contributed by atoms with Crippen molar-refractivity contribution in [3.63, 3.8) is 0 Å². The highest BCUT2D eigenvalue weighted by Crippen LogP contribution is 2.37. The first kappa shape index (κ1) is 21.1. The van der Waals surface area contributed by atoms with Crippen molar-refractivity contribution < 1.29 is 19.1 Å². The Bertz CT molecular complexity index is 731. The van der Waals surface area contributed by atoms with E-state index in [1.54, 1.807) is 11.8 Å². The molecule has 0 saturated carbocycles. The van der Waals surface area contributed by atoms with Crippen LogP contribution in [0, 0.1) is 5.92 Å². The van der Waals surface area contributed by atoms with Crippen molar-refractivity contribution in [3.05, 3.63) is 60.7 Å². The Balaban J connectivity index is 2.04. The normalized spacial score (nSPS) is 18.8. The number of rotatable bonds is 7. The number of aliphatic carboxylic acids is 1. The second-order valence-electron chi connectivity index (χ2n) is 8.11. The minimum absolute atomic E-state index is 0.147. The topological polar surface area (TPSA) is 55.8 Å². The van der Waals surface area contributed by atoms with Crippen molar-refractivity contribution in [1.29, 1.82) is 0 Å². The molecule has 1 saturated heterocycles. The molecule has 0 aliphatic carbocycles. The second kappa shape index (κ2) is 8.82. The number of hydrogen-bond donors (Lipinski definition) is 1. The highest BCUT2D eigenvalue weighted by molar-refractivity contribution is 7.99. The molecule has 0 spiro atoms. The summed E-state index contributed by atoms with van der Waals surface area (Å²) < 4.78 is 12.4. The number of benzene rings is 2. The maximum absolute atomic E-state index is 12.0. The van der Waals surface area contributed by atoms with E-state index in [2.05, 4.69) is 45.0 Å². The zero-order chi connectivity index (χ0) is 20.2. The molecule has 1 heterocycles. The lowest BCUT2D eigenvalue weighted by Crippen LogP contribution is -2.67. The molecule has 2 atom stereocenters. The Hall–Kier alpha value is -1.60. The monoisotopic (exact) mass is 416 g/mol. The van der Waals surface area contributed by atoms with Crippen molar-refractivity contribution in [2.24, 2.45) is 5.92 Å². The predicted molar refractivity (Wildman–Crippen MR) is 117 cm³/mol. The molecule has 4 nitrogen and oxygen atoms in total. The fourth-order valence-corrected chi connectivity index (χ4v) is 9.41. The van der Waals surface area contributed by atoms with Gasteiger partial charge in [-0.1, -0.05) is 81.4 Å². The van der Waals surface area contributed by atoms with E-state index in [1.807, 2.05) is 36.4 Å². The molecule has 150 valence electrons. The zero-order valence-electron chi connectivity index (χ0n) is 16.6. The van der Waals surface area contributed by atoms with Crippen LogP contribution in [-0.2, 0) is 14.0 Å². The number of hydrogen-bond acceptors (Lipinski definition) is 4. The average Bonchev–Trinajstić information content (AvgIpc) is 3.19. The summed E-state index contributed by atoms with van der Waals surface area (Å²) in [6, 6.07) is 20.6. The molecule has 3 rings (SSSR count). The largest absolute Gasteiger partial charge is 0.481 e. The molecule has 0 aromatic heterocycles. The summed E-state index contributed by atoms with van der Waals surface area (Å²) in [5.74, 6) is -0.281. The van der Waals surface area contributed by atoms with Crippen molar-refractivity contribution in [2.45, 2.75) is 31.9 Å². The van der Waals surface area contributed by atoms with E-state index in [4.69, 9.17) is 9.16 Å². The minimum atomic E-state index is -2.73. The number of carboxylic acid groups (broad SMARTS) is 1.